The molecule has 0 atom stereocenters. The summed E-state index contributed by atoms with van der Waals surface area (Å²) in [5.41, 5.74) is 5.29. The molecule has 0 saturated carbocycles. The Hall–Kier alpha value is 0.310. The van der Waals surface area contributed by atoms with Crippen molar-refractivity contribution in [2.24, 2.45) is 5.73 Å². The Kier molecular flexibility index (Phi) is 6.06. The summed E-state index contributed by atoms with van der Waals surface area (Å²) >= 11 is 0. The highest BCUT2D eigenvalue weighted by Crippen LogP contribution is 1.91. The van der Waals surface area contributed by atoms with Gasteiger partial charge in [-0.1, -0.05) is 0 Å². The Morgan fingerprint density at radius 1 is 1.09 bits per heavy atom. The molecule has 2 nitrogen and oxygen atoms in total. The van der Waals surface area contributed by atoms with Gasteiger partial charge in [-0.2, -0.15) is 0 Å². The smallest absolute Gasteiger partial charge is 0.105 e. The molecular formula is C3H8B6N2. The van der Waals surface area contributed by atoms with Crippen molar-refractivity contribution in [2.45, 2.75) is 6.42 Å². The van der Waals surface area contributed by atoms with Crippen LogP contribution in [0.5, 0.6) is 0 Å². The van der Waals surface area contributed by atoms with E-state index < -0.39 is 13.3 Å². The fraction of sp³-hybridized carbons (Fsp3) is 1.00. The van der Waals surface area contributed by atoms with E-state index in [2.05, 4.69) is 0 Å². The highest BCUT2D eigenvalue weighted by molar-refractivity contribution is 7.37. The lowest BCUT2D eigenvalue weighted by atomic mass is 9.16. The average molecular weight is 137 g/mol. The number of hydrogen-bond donors (Lipinski definition) is 1. The lowest BCUT2D eigenvalue weighted by Gasteiger charge is -2.30. The van der Waals surface area contributed by atoms with Crippen molar-refractivity contribution in [1.82, 2.24) is 4.72 Å². The van der Waals surface area contributed by atoms with Crippen LogP contribution in [-0.4, -0.2) is 62.0 Å². The van der Waals surface area contributed by atoms with Crippen LogP contribution in [0.1, 0.15) is 6.42 Å². The van der Waals surface area contributed by atoms with Crippen LogP contribution in [0.2, 0.25) is 0 Å². The molecule has 8 radical (unpaired) electrons. The van der Waals surface area contributed by atoms with E-state index in [0.717, 1.165) is 6.42 Å². The molecule has 0 aliphatic carbocycles. The van der Waals surface area contributed by atoms with Gasteiger partial charge in [0.2, 0.25) is 0 Å². The molecule has 0 unspecified atom stereocenters. The zero-order valence-corrected chi connectivity index (χ0v) is 6.61. The maximum Gasteiger partial charge on any atom is 0.105 e. The van der Waals surface area contributed by atoms with Crippen molar-refractivity contribution in [3.63, 3.8) is 0 Å². The second-order valence-corrected chi connectivity index (χ2v) is 2.36. The molecule has 0 fully saturated rings. The fourth-order valence-electron chi connectivity index (χ4n) is 0.771. The molecule has 0 aromatic carbocycles. The fourth-order valence-corrected chi connectivity index (χ4v) is 0.771. The van der Waals surface area contributed by atoms with Crippen molar-refractivity contribution in [1.29, 1.82) is 0 Å². The highest BCUT2D eigenvalue weighted by atomic mass is 15.0. The Bertz CT molecular complexity index is 89.8. The average Bonchev–Trinajstić information content (AvgIpc) is 1.87. The van der Waals surface area contributed by atoms with Gasteiger partial charge in [0.05, 0.1) is 0 Å². The third-order valence-corrected chi connectivity index (χ3v) is 1.39. The summed E-state index contributed by atoms with van der Waals surface area (Å²) in [6.45, 7) is -0.00926. The van der Waals surface area contributed by atoms with E-state index in [0.29, 0.717) is 13.1 Å². The third-order valence-electron chi connectivity index (χ3n) is 1.39. The minimum atomic E-state index is -0.610. The summed E-state index contributed by atoms with van der Waals surface area (Å²) < 4.78 is 1.58. The first kappa shape index (κ1) is 11.3. The zero-order chi connectivity index (χ0) is 8.85. The molecule has 0 aromatic rings. The summed E-state index contributed by atoms with van der Waals surface area (Å²) in [4.78, 5) is 0. The van der Waals surface area contributed by atoms with Gasteiger partial charge in [0.15, 0.2) is 0 Å². The van der Waals surface area contributed by atoms with Crippen molar-refractivity contribution in [3.05, 3.63) is 0 Å². The first-order chi connectivity index (χ1) is 5.09. The first-order valence-electron chi connectivity index (χ1n) is 3.57. The molecule has 48 valence electrons. The summed E-state index contributed by atoms with van der Waals surface area (Å²) in [6, 6.07) is 0. The highest BCUT2D eigenvalue weighted by Gasteiger charge is 2.13. The normalized spacial score (nSPS) is 10.0. The van der Waals surface area contributed by atoms with Crippen LogP contribution in [0.15, 0.2) is 0 Å². The molecule has 0 heterocycles. The van der Waals surface area contributed by atoms with E-state index in [1.54, 1.807) is 4.72 Å². The van der Waals surface area contributed by atoms with Gasteiger partial charge in [0.1, 0.15) is 13.3 Å². The molecule has 0 spiro atoms. The summed E-state index contributed by atoms with van der Waals surface area (Å²) in [5.74, 6) is 0. The molecule has 0 aliphatic rings. The molecule has 0 amide bonds. The molecule has 0 aromatic heterocycles. The van der Waals surface area contributed by atoms with Gasteiger partial charge in [-0.25, -0.2) is 0 Å². The van der Waals surface area contributed by atoms with E-state index in [-0.39, 0.29) is 0 Å². The number of hydrogen-bond acceptors (Lipinski definition) is 2. The van der Waals surface area contributed by atoms with E-state index in [1.165, 1.54) is 0 Å². The largest absolute Gasteiger partial charge is 0.411 e. The van der Waals surface area contributed by atoms with Gasteiger partial charge in [-0.05, 0) is 19.5 Å². The molecule has 8 heteroatoms. The van der Waals surface area contributed by atoms with E-state index in [9.17, 15) is 0 Å². The Labute approximate surface area is 74.8 Å². The molecule has 0 aliphatic heterocycles. The van der Waals surface area contributed by atoms with Crippen molar-refractivity contribution >= 4 is 44.2 Å². The van der Waals surface area contributed by atoms with E-state index in [4.69, 9.17) is 36.7 Å². The standard InChI is InChI=1S/C3H8B6N2/c4-8(5)11(9(6)7)3-1-2-10/h1-3,10H2. The topological polar surface area (TPSA) is 29.3 Å². The zero-order valence-electron chi connectivity index (χ0n) is 6.61. The van der Waals surface area contributed by atoms with Crippen LogP contribution in [-0.2, 0) is 0 Å². The molecule has 0 rings (SSSR count). The monoisotopic (exact) mass is 138 g/mol. The molecular weight excluding hydrogens is 129 g/mol. The minimum Gasteiger partial charge on any atom is -0.411 e. The van der Waals surface area contributed by atoms with Gasteiger partial charge in [-0.15, -0.1) is 0 Å². The van der Waals surface area contributed by atoms with E-state index in [1.807, 2.05) is 0 Å². The van der Waals surface area contributed by atoms with Crippen LogP contribution in [0, 0.1) is 0 Å². The van der Waals surface area contributed by atoms with Gasteiger partial charge >= 0.3 is 0 Å². The summed E-state index contributed by atoms with van der Waals surface area (Å²) in [7, 11) is 21.5. The number of rotatable bonds is 5. The minimum absolute atomic E-state index is 0.579. The number of nitrogens with zero attached hydrogens (tertiary/aromatic N) is 1. The lowest BCUT2D eigenvalue weighted by Crippen LogP contribution is -2.52. The van der Waals surface area contributed by atoms with Gasteiger partial charge in [-0.3, -0.25) is 0 Å². The predicted molar refractivity (Wildman–Crippen MR) is 54.9 cm³/mol. The Morgan fingerprint density at radius 3 is 1.82 bits per heavy atom. The van der Waals surface area contributed by atoms with E-state index >= 15 is 0 Å². The van der Waals surface area contributed by atoms with Crippen LogP contribution in [0.25, 0.3) is 0 Å². The Morgan fingerprint density at radius 2 is 1.55 bits per heavy atom. The summed E-state index contributed by atoms with van der Waals surface area (Å²) in [6.07, 6.45) is 0.788. The quantitative estimate of drug-likeness (QED) is 0.417. The van der Waals surface area contributed by atoms with Gasteiger partial charge in [0.25, 0.3) is 0 Å². The SMILES string of the molecule is [B]B([B])N(CCCN)B([B])[B]. The first-order valence-corrected chi connectivity index (χ1v) is 3.57. The molecule has 0 saturated heterocycles. The van der Waals surface area contributed by atoms with Crippen molar-refractivity contribution < 1.29 is 0 Å². The molecule has 11 heavy (non-hydrogen) atoms. The second kappa shape index (κ2) is 5.90. The van der Waals surface area contributed by atoms with Crippen molar-refractivity contribution in [3.8, 4) is 0 Å². The van der Waals surface area contributed by atoms with Crippen LogP contribution in [0.3, 0.4) is 0 Å². The van der Waals surface area contributed by atoms with Crippen LogP contribution >= 0.6 is 0 Å². The second-order valence-electron chi connectivity index (χ2n) is 2.36. The van der Waals surface area contributed by atoms with Crippen LogP contribution < -0.4 is 5.73 Å². The maximum absolute atomic E-state index is 5.38. The van der Waals surface area contributed by atoms with Crippen molar-refractivity contribution in [2.75, 3.05) is 13.1 Å². The molecule has 0 bridgehead atoms. The maximum atomic E-state index is 5.38. The predicted octanol–water partition coefficient (Wildman–Crippen LogP) is -2.72. The molecule has 2 N–H and O–H groups in total. The van der Waals surface area contributed by atoms with Gasteiger partial charge in [0, 0.05) is 30.9 Å². The van der Waals surface area contributed by atoms with Gasteiger partial charge < -0.3 is 10.5 Å². The summed E-state index contributed by atoms with van der Waals surface area (Å²) in [5, 5.41) is 0. The Balaban J connectivity index is 3.70. The van der Waals surface area contributed by atoms with Crippen LogP contribution in [0.4, 0.5) is 0 Å². The lowest BCUT2D eigenvalue weighted by molar-refractivity contribution is 0.637. The third kappa shape index (κ3) is 4.70. The number of nitrogens with two attached hydrogens (primary N) is 1.